The Morgan fingerprint density at radius 2 is 2.00 bits per heavy atom. The summed E-state index contributed by atoms with van der Waals surface area (Å²) in [6, 6.07) is 16.6. The van der Waals surface area contributed by atoms with Crippen LogP contribution >= 0.6 is 22.9 Å². The summed E-state index contributed by atoms with van der Waals surface area (Å²) in [5, 5.41) is 16.0. The van der Waals surface area contributed by atoms with E-state index in [1.54, 1.807) is 12.1 Å². The number of benzene rings is 2. The van der Waals surface area contributed by atoms with Gasteiger partial charge in [-0.15, -0.1) is 11.3 Å². The summed E-state index contributed by atoms with van der Waals surface area (Å²) in [5.74, 6) is -0.672. The van der Waals surface area contributed by atoms with Crippen molar-refractivity contribution < 1.29 is 9.59 Å². The predicted molar refractivity (Wildman–Crippen MR) is 123 cm³/mol. The molecule has 3 rings (SSSR count). The molecule has 2 N–H and O–H groups in total. The van der Waals surface area contributed by atoms with E-state index in [0.29, 0.717) is 17.9 Å². The summed E-state index contributed by atoms with van der Waals surface area (Å²) in [6.45, 7) is 3.60. The van der Waals surface area contributed by atoms with Gasteiger partial charge in [0, 0.05) is 24.4 Å². The maximum absolute atomic E-state index is 12.6. The average Bonchev–Trinajstić information content (AvgIpc) is 3.18. The van der Waals surface area contributed by atoms with Crippen molar-refractivity contribution in [1.29, 1.82) is 5.26 Å². The van der Waals surface area contributed by atoms with E-state index < -0.39 is 5.91 Å². The lowest BCUT2D eigenvalue weighted by Crippen LogP contribution is -2.45. The number of halogens is 1. The number of nitrogens with zero attached hydrogens (tertiary/aromatic N) is 2. The van der Waals surface area contributed by atoms with Gasteiger partial charge < -0.3 is 10.6 Å². The number of nitrogens with one attached hydrogen (secondary N) is 2. The monoisotopic (exact) mass is 452 g/mol. The Morgan fingerprint density at radius 3 is 2.74 bits per heavy atom. The normalized spacial score (nSPS) is 11.5. The predicted octanol–water partition coefficient (Wildman–Crippen LogP) is 3.81. The molecule has 3 aromatic rings. The molecule has 0 spiro atoms. The van der Waals surface area contributed by atoms with Crippen LogP contribution in [0.5, 0.6) is 0 Å². The highest BCUT2D eigenvalue weighted by molar-refractivity contribution is 7.18. The number of amides is 2. The van der Waals surface area contributed by atoms with Crippen LogP contribution in [0.15, 0.2) is 60.7 Å². The Morgan fingerprint density at radius 1 is 1.23 bits per heavy atom. The van der Waals surface area contributed by atoms with Crippen LogP contribution in [-0.2, 0) is 22.4 Å². The molecule has 1 aromatic heterocycles. The Labute approximate surface area is 189 Å². The van der Waals surface area contributed by atoms with E-state index in [4.69, 9.17) is 16.9 Å². The molecule has 0 fully saturated rings. The third-order valence-corrected chi connectivity index (χ3v) is 5.88. The molecule has 0 saturated heterocycles. The molecule has 31 heavy (non-hydrogen) atoms. The molecule has 2 amide bonds. The Balaban J connectivity index is 1.59. The van der Waals surface area contributed by atoms with Crippen LogP contribution in [0.3, 0.4) is 0 Å². The molecule has 0 aliphatic heterocycles. The zero-order valence-corrected chi connectivity index (χ0v) is 18.3. The zero-order valence-electron chi connectivity index (χ0n) is 16.7. The van der Waals surface area contributed by atoms with E-state index in [1.807, 2.05) is 42.5 Å². The molecule has 0 unspecified atom stereocenters. The van der Waals surface area contributed by atoms with Crippen molar-refractivity contribution in [2.75, 3.05) is 6.54 Å². The molecule has 2 aromatic carbocycles. The van der Waals surface area contributed by atoms with Crippen molar-refractivity contribution in [3.05, 3.63) is 76.3 Å². The van der Waals surface area contributed by atoms with Gasteiger partial charge in [-0.3, -0.25) is 9.59 Å². The highest BCUT2D eigenvalue weighted by Gasteiger charge is 2.16. The number of hydrogen-bond acceptors (Lipinski definition) is 5. The third-order valence-electron chi connectivity index (χ3n) is 4.57. The van der Waals surface area contributed by atoms with Crippen LogP contribution < -0.4 is 10.6 Å². The molecule has 0 saturated carbocycles. The van der Waals surface area contributed by atoms with E-state index in [9.17, 15) is 9.59 Å². The topological polar surface area (TPSA) is 94.9 Å². The lowest BCUT2D eigenvalue weighted by atomic mass is 10.1. The van der Waals surface area contributed by atoms with E-state index in [-0.39, 0.29) is 30.5 Å². The smallest absolute Gasteiger partial charge is 0.261 e. The Hall–Kier alpha value is -3.21. The second-order valence-electron chi connectivity index (χ2n) is 6.97. The minimum atomic E-state index is -0.539. The van der Waals surface area contributed by atoms with Crippen molar-refractivity contribution in [3.8, 4) is 6.07 Å². The number of carbonyl (C=O) groups is 2. The van der Waals surface area contributed by atoms with Gasteiger partial charge in [-0.1, -0.05) is 48.5 Å². The second-order valence-corrected chi connectivity index (χ2v) is 8.53. The van der Waals surface area contributed by atoms with Crippen LogP contribution in [-0.4, -0.2) is 29.4 Å². The fourth-order valence-electron chi connectivity index (χ4n) is 3.02. The van der Waals surface area contributed by atoms with E-state index in [2.05, 4.69) is 22.2 Å². The van der Waals surface area contributed by atoms with Crippen molar-refractivity contribution in [3.63, 3.8) is 0 Å². The first kappa shape index (κ1) is 22.5. The number of nitriles is 1. The van der Waals surface area contributed by atoms with Gasteiger partial charge in [0.2, 0.25) is 5.91 Å². The summed E-state index contributed by atoms with van der Waals surface area (Å²) < 4.78 is 0.991. The molecule has 0 radical (unpaired) electrons. The van der Waals surface area contributed by atoms with Crippen LogP contribution in [0.2, 0.25) is 5.02 Å². The fourth-order valence-corrected chi connectivity index (χ4v) is 4.26. The van der Waals surface area contributed by atoms with Crippen molar-refractivity contribution >= 4 is 45.0 Å². The van der Waals surface area contributed by atoms with Gasteiger partial charge in [0.1, 0.15) is 11.6 Å². The summed E-state index contributed by atoms with van der Waals surface area (Å²) in [6.07, 6.45) is 1.33. The van der Waals surface area contributed by atoms with Crippen LogP contribution in [0.1, 0.15) is 17.0 Å². The summed E-state index contributed by atoms with van der Waals surface area (Å²) in [5.41, 5.74) is 1.73. The van der Waals surface area contributed by atoms with Crippen molar-refractivity contribution in [2.45, 2.75) is 25.3 Å². The van der Waals surface area contributed by atoms with E-state index in [0.717, 1.165) is 20.8 Å². The molecule has 8 heteroatoms. The molecule has 0 aliphatic rings. The van der Waals surface area contributed by atoms with Crippen LogP contribution in [0.25, 0.3) is 10.2 Å². The number of hydrogen-bond donors (Lipinski definition) is 2. The lowest BCUT2D eigenvalue weighted by Gasteiger charge is -2.19. The second kappa shape index (κ2) is 10.7. The molecular formula is C23H21ClN4O2S. The fraction of sp³-hybridized carbons (Fsp3) is 0.217. The molecule has 0 bridgehead atoms. The third kappa shape index (κ3) is 6.64. The summed E-state index contributed by atoms with van der Waals surface area (Å²) in [7, 11) is 0. The molecule has 158 valence electrons. The number of aryl methyl sites for hydroxylation is 1. The van der Waals surface area contributed by atoms with Gasteiger partial charge in [-0.05, 0) is 30.2 Å². The van der Waals surface area contributed by atoms with Gasteiger partial charge in [-0.2, -0.15) is 5.26 Å². The van der Waals surface area contributed by atoms with Gasteiger partial charge in [0.05, 0.1) is 21.3 Å². The highest BCUT2D eigenvalue weighted by atomic mass is 35.5. The molecule has 1 heterocycles. The molecule has 0 aliphatic carbocycles. The Kier molecular flexibility index (Phi) is 7.76. The number of carbonyl (C=O) groups excluding carboxylic acids is 2. The molecule has 1 atom stereocenters. The SMILES string of the molecule is C=C(C#N)C(=O)NC[C@H](Cc1ccccc1)NC(=O)CCc1nc2ccc(Cl)cc2s1. The van der Waals surface area contributed by atoms with Gasteiger partial charge in [0.25, 0.3) is 5.91 Å². The van der Waals surface area contributed by atoms with Crippen LogP contribution in [0, 0.1) is 11.3 Å². The maximum Gasteiger partial charge on any atom is 0.261 e. The standard InChI is InChI=1S/C23H21ClN4O2S/c1-15(13-25)23(30)26-14-18(11-16-5-3-2-4-6-16)27-21(29)9-10-22-28-19-8-7-17(24)12-20(19)31-22/h2-8,12,18H,1,9-11,14H2,(H,26,30)(H,27,29)/t18-/m0/s1. The van der Waals surface area contributed by atoms with Gasteiger partial charge in [0.15, 0.2) is 0 Å². The number of thiazole rings is 1. The first-order chi connectivity index (χ1) is 14.9. The minimum absolute atomic E-state index is 0.133. The zero-order chi connectivity index (χ0) is 22.2. The van der Waals surface area contributed by atoms with Gasteiger partial charge in [-0.25, -0.2) is 4.98 Å². The van der Waals surface area contributed by atoms with Crippen molar-refractivity contribution in [1.82, 2.24) is 15.6 Å². The quantitative estimate of drug-likeness (QED) is 0.381. The summed E-state index contributed by atoms with van der Waals surface area (Å²) >= 11 is 7.54. The van der Waals surface area contributed by atoms with Gasteiger partial charge >= 0.3 is 0 Å². The Bertz CT molecular complexity index is 1140. The first-order valence-corrected chi connectivity index (χ1v) is 10.9. The van der Waals surface area contributed by atoms with E-state index in [1.165, 1.54) is 11.3 Å². The number of rotatable bonds is 9. The highest BCUT2D eigenvalue weighted by Crippen LogP contribution is 2.25. The number of aromatic nitrogens is 1. The minimum Gasteiger partial charge on any atom is -0.351 e. The number of fused-ring (bicyclic) bond motifs is 1. The first-order valence-electron chi connectivity index (χ1n) is 9.70. The average molecular weight is 453 g/mol. The van der Waals surface area contributed by atoms with E-state index >= 15 is 0 Å². The van der Waals surface area contributed by atoms with Crippen LogP contribution in [0.4, 0.5) is 0 Å². The van der Waals surface area contributed by atoms with Crippen molar-refractivity contribution in [2.24, 2.45) is 0 Å². The lowest BCUT2D eigenvalue weighted by molar-refractivity contribution is -0.122. The maximum atomic E-state index is 12.6. The molecular weight excluding hydrogens is 432 g/mol. The largest absolute Gasteiger partial charge is 0.351 e. The summed E-state index contributed by atoms with van der Waals surface area (Å²) in [4.78, 5) is 29.0. The molecule has 6 nitrogen and oxygen atoms in total.